The highest BCUT2D eigenvalue weighted by Crippen LogP contribution is 2.29. The normalized spacial score (nSPS) is 26.8. The number of rotatable bonds is 5. The van der Waals surface area contributed by atoms with Crippen molar-refractivity contribution in [3.63, 3.8) is 0 Å². The summed E-state index contributed by atoms with van der Waals surface area (Å²) in [5.41, 5.74) is 4.86. The molecule has 2 rings (SSSR count). The zero-order chi connectivity index (χ0) is 10.7. The van der Waals surface area contributed by atoms with Gasteiger partial charge in [0.1, 0.15) is 6.61 Å². The summed E-state index contributed by atoms with van der Waals surface area (Å²) in [7, 11) is 0. The second-order valence-electron chi connectivity index (χ2n) is 4.33. The molecule has 2 aliphatic rings. The van der Waals surface area contributed by atoms with Gasteiger partial charge in [-0.25, -0.2) is 4.79 Å². The molecular weight excluding hydrogens is 194 g/mol. The summed E-state index contributed by atoms with van der Waals surface area (Å²) in [6.45, 7) is 3.42. The van der Waals surface area contributed by atoms with Gasteiger partial charge in [0.15, 0.2) is 0 Å². The van der Waals surface area contributed by atoms with Crippen LogP contribution in [0.3, 0.4) is 0 Å². The van der Waals surface area contributed by atoms with E-state index in [1.54, 1.807) is 0 Å². The van der Waals surface area contributed by atoms with E-state index in [0.717, 1.165) is 12.6 Å². The van der Waals surface area contributed by atoms with Crippen molar-refractivity contribution in [2.24, 2.45) is 5.73 Å². The summed E-state index contributed by atoms with van der Waals surface area (Å²) in [5, 5.41) is 3.38. The molecule has 1 aliphatic carbocycles. The number of carbonyl (C=O) groups is 1. The predicted molar refractivity (Wildman–Crippen MR) is 56.5 cm³/mol. The zero-order valence-electron chi connectivity index (χ0n) is 8.95. The number of hydrogen-bond acceptors (Lipinski definition) is 4. The van der Waals surface area contributed by atoms with Crippen molar-refractivity contribution < 1.29 is 9.53 Å². The molecule has 1 amide bonds. The molecule has 1 heterocycles. The Balaban J connectivity index is 1.54. The van der Waals surface area contributed by atoms with E-state index in [0.29, 0.717) is 19.2 Å². The molecule has 0 aromatic heterocycles. The first kappa shape index (κ1) is 10.7. The standard InChI is InChI=1S/C10H19N3O2/c11-10(14)15-6-4-12-8-3-5-13(7-8)9-1-2-9/h8-9,12H,1-7H2,(H2,11,14). The molecule has 15 heavy (non-hydrogen) atoms. The van der Waals surface area contributed by atoms with E-state index in [1.807, 2.05) is 0 Å². The van der Waals surface area contributed by atoms with Gasteiger partial charge in [0.05, 0.1) is 0 Å². The lowest BCUT2D eigenvalue weighted by molar-refractivity contribution is 0.156. The Bertz CT molecular complexity index is 231. The number of nitrogens with zero attached hydrogens (tertiary/aromatic N) is 1. The van der Waals surface area contributed by atoms with Crippen molar-refractivity contribution in [3.05, 3.63) is 0 Å². The van der Waals surface area contributed by atoms with Crippen LogP contribution < -0.4 is 11.1 Å². The fourth-order valence-electron chi connectivity index (χ4n) is 2.14. The van der Waals surface area contributed by atoms with Gasteiger partial charge < -0.3 is 15.8 Å². The lowest BCUT2D eigenvalue weighted by Crippen LogP contribution is -2.35. The third kappa shape index (κ3) is 3.35. The number of nitrogens with two attached hydrogens (primary N) is 1. The summed E-state index contributed by atoms with van der Waals surface area (Å²) < 4.78 is 4.65. The molecule has 5 heteroatoms. The van der Waals surface area contributed by atoms with Crippen molar-refractivity contribution in [1.82, 2.24) is 10.2 Å². The maximum Gasteiger partial charge on any atom is 0.404 e. The van der Waals surface area contributed by atoms with Crippen molar-refractivity contribution in [3.8, 4) is 0 Å². The largest absolute Gasteiger partial charge is 0.448 e. The molecule has 0 aromatic carbocycles. The first-order valence-electron chi connectivity index (χ1n) is 5.65. The molecular formula is C10H19N3O2. The molecule has 1 atom stereocenters. The van der Waals surface area contributed by atoms with Crippen molar-refractivity contribution in [2.75, 3.05) is 26.2 Å². The Morgan fingerprint density at radius 2 is 2.27 bits per heavy atom. The summed E-state index contributed by atoms with van der Waals surface area (Å²) >= 11 is 0. The molecule has 0 spiro atoms. The maximum atomic E-state index is 10.3. The average molecular weight is 213 g/mol. The Hall–Kier alpha value is -0.810. The van der Waals surface area contributed by atoms with Crippen LogP contribution in [0.4, 0.5) is 4.79 Å². The van der Waals surface area contributed by atoms with Gasteiger partial charge in [0.2, 0.25) is 0 Å². The van der Waals surface area contributed by atoms with E-state index in [1.165, 1.54) is 25.8 Å². The quantitative estimate of drug-likeness (QED) is 0.626. The number of primary amides is 1. The molecule has 1 aliphatic heterocycles. The number of ether oxygens (including phenoxy) is 1. The van der Waals surface area contributed by atoms with Crippen LogP contribution in [0.15, 0.2) is 0 Å². The zero-order valence-corrected chi connectivity index (χ0v) is 8.95. The fraction of sp³-hybridized carbons (Fsp3) is 0.900. The molecule has 1 saturated heterocycles. The van der Waals surface area contributed by atoms with Gasteiger partial charge in [-0.15, -0.1) is 0 Å². The molecule has 3 N–H and O–H groups in total. The molecule has 1 saturated carbocycles. The Morgan fingerprint density at radius 3 is 2.93 bits per heavy atom. The molecule has 0 radical (unpaired) electrons. The predicted octanol–water partition coefficient (Wildman–Crippen LogP) is -0.0920. The molecule has 5 nitrogen and oxygen atoms in total. The summed E-state index contributed by atoms with van der Waals surface area (Å²) in [6.07, 6.45) is 3.25. The van der Waals surface area contributed by atoms with E-state index >= 15 is 0 Å². The van der Waals surface area contributed by atoms with Gasteiger partial charge in [-0.1, -0.05) is 0 Å². The van der Waals surface area contributed by atoms with E-state index in [4.69, 9.17) is 5.73 Å². The SMILES string of the molecule is NC(=O)OCCNC1CCN(C2CC2)C1. The van der Waals surface area contributed by atoms with E-state index < -0.39 is 6.09 Å². The molecule has 1 unspecified atom stereocenters. The molecule has 2 fully saturated rings. The Morgan fingerprint density at radius 1 is 1.47 bits per heavy atom. The first-order valence-corrected chi connectivity index (χ1v) is 5.65. The summed E-state index contributed by atoms with van der Waals surface area (Å²) in [6, 6.07) is 1.42. The lowest BCUT2D eigenvalue weighted by Gasteiger charge is -2.15. The first-order chi connectivity index (χ1) is 7.25. The van der Waals surface area contributed by atoms with Crippen LogP contribution in [0.25, 0.3) is 0 Å². The highest BCUT2D eigenvalue weighted by Gasteiger charge is 2.33. The lowest BCUT2D eigenvalue weighted by atomic mass is 10.3. The van der Waals surface area contributed by atoms with Gasteiger partial charge >= 0.3 is 6.09 Å². The minimum absolute atomic E-state index is 0.370. The minimum Gasteiger partial charge on any atom is -0.448 e. The van der Waals surface area contributed by atoms with E-state index in [9.17, 15) is 4.79 Å². The van der Waals surface area contributed by atoms with Gasteiger partial charge in [-0.3, -0.25) is 4.90 Å². The van der Waals surface area contributed by atoms with Crippen molar-refractivity contribution >= 4 is 6.09 Å². The number of carbonyl (C=O) groups excluding carboxylic acids is 1. The molecule has 0 bridgehead atoms. The monoisotopic (exact) mass is 213 g/mol. The second-order valence-corrected chi connectivity index (χ2v) is 4.33. The topological polar surface area (TPSA) is 67.6 Å². The number of likely N-dealkylation sites (tertiary alicyclic amines) is 1. The smallest absolute Gasteiger partial charge is 0.404 e. The van der Waals surface area contributed by atoms with Gasteiger partial charge in [0.25, 0.3) is 0 Å². The van der Waals surface area contributed by atoms with Gasteiger partial charge in [0, 0.05) is 31.7 Å². The van der Waals surface area contributed by atoms with Gasteiger partial charge in [-0.2, -0.15) is 0 Å². The third-order valence-corrected chi connectivity index (χ3v) is 3.06. The van der Waals surface area contributed by atoms with Crippen LogP contribution in [-0.4, -0.2) is 49.3 Å². The summed E-state index contributed by atoms with van der Waals surface area (Å²) in [5.74, 6) is 0. The van der Waals surface area contributed by atoms with E-state index in [-0.39, 0.29) is 0 Å². The minimum atomic E-state index is -0.692. The van der Waals surface area contributed by atoms with Crippen LogP contribution in [-0.2, 0) is 4.74 Å². The highest BCUT2D eigenvalue weighted by atomic mass is 16.5. The number of hydrogen-bond donors (Lipinski definition) is 2. The second kappa shape index (κ2) is 4.81. The van der Waals surface area contributed by atoms with Crippen LogP contribution in [0.1, 0.15) is 19.3 Å². The molecule has 0 aromatic rings. The fourth-order valence-corrected chi connectivity index (χ4v) is 2.14. The van der Waals surface area contributed by atoms with Crippen molar-refractivity contribution in [1.29, 1.82) is 0 Å². The number of nitrogens with one attached hydrogen (secondary N) is 1. The van der Waals surface area contributed by atoms with Crippen LogP contribution in [0, 0.1) is 0 Å². The Labute approximate surface area is 89.9 Å². The van der Waals surface area contributed by atoms with Crippen LogP contribution >= 0.6 is 0 Å². The van der Waals surface area contributed by atoms with Crippen LogP contribution in [0.2, 0.25) is 0 Å². The van der Waals surface area contributed by atoms with E-state index in [2.05, 4.69) is 15.0 Å². The maximum absolute atomic E-state index is 10.3. The van der Waals surface area contributed by atoms with Crippen molar-refractivity contribution in [2.45, 2.75) is 31.3 Å². The Kier molecular flexibility index (Phi) is 3.43. The number of amides is 1. The average Bonchev–Trinajstić information content (AvgIpc) is 2.94. The highest BCUT2D eigenvalue weighted by molar-refractivity contribution is 5.64. The third-order valence-electron chi connectivity index (χ3n) is 3.06. The van der Waals surface area contributed by atoms with Crippen LogP contribution in [0.5, 0.6) is 0 Å². The van der Waals surface area contributed by atoms with Gasteiger partial charge in [-0.05, 0) is 19.3 Å². The molecule has 86 valence electrons. The summed E-state index contributed by atoms with van der Waals surface area (Å²) in [4.78, 5) is 12.9.